The van der Waals surface area contributed by atoms with Crippen LogP contribution in [0.3, 0.4) is 0 Å². The van der Waals surface area contributed by atoms with Crippen molar-refractivity contribution in [2.24, 2.45) is 0 Å². The van der Waals surface area contributed by atoms with E-state index in [1.165, 1.54) is 0 Å². The lowest BCUT2D eigenvalue weighted by Crippen LogP contribution is -2.24. The smallest absolute Gasteiger partial charge is 0.429 e. The minimum absolute atomic E-state index is 0.0174. The lowest BCUT2D eigenvalue weighted by Gasteiger charge is -2.18. The lowest BCUT2D eigenvalue weighted by atomic mass is 10.2. The van der Waals surface area contributed by atoms with Gasteiger partial charge in [-0.05, 0) is 20.8 Å². The highest BCUT2D eigenvalue weighted by atomic mass is 35.5. The molecule has 0 spiro atoms. The normalized spacial score (nSPS) is 10.7. The molecule has 0 saturated heterocycles. The molecule has 0 N–H and O–H groups in total. The van der Waals surface area contributed by atoms with Crippen LogP contribution in [0.15, 0.2) is 11.6 Å². The first kappa shape index (κ1) is 11.3. The quantitative estimate of drug-likeness (QED) is 0.631. The molecule has 0 fully saturated rings. The van der Waals surface area contributed by atoms with Crippen molar-refractivity contribution in [1.82, 2.24) is 0 Å². The van der Waals surface area contributed by atoms with Crippen molar-refractivity contribution in [3.63, 3.8) is 0 Å². The van der Waals surface area contributed by atoms with E-state index in [1.54, 1.807) is 20.8 Å². The zero-order valence-electron chi connectivity index (χ0n) is 7.52. The van der Waals surface area contributed by atoms with E-state index >= 15 is 0 Å². The maximum atomic E-state index is 10.8. The maximum absolute atomic E-state index is 10.8. The Bertz CT molecular complexity index is 181. The van der Waals surface area contributed by atoms with Gasteiger partial charge in [-0.1, -0.05) is 18.2 Å². The van der Waals surface area contributed by atoms with E-state index in [2.05, 4.69) is 11.3 Å². The second-order valence-corrected chi connectivity index (χ2v) is 3.80. The van der Waals surface area contributed by atoms with Gasteiger partial charge < -0.3 is 9.47 Å². The van der Waals surface area contributed by atoms with Gasteiger partial charge in [0.15, 0.2) is 0 Å². The van der Waals surface area contributed by atoms with Gasteiger partial charge in [0, 0.05) is 5.03 Å². The minimum Gasteiger partial charge on any atom is -0.429 e. The van der Waals surface area contributed by atoms with Crippen LogP contribution in [0.1, 0.15) is 20.8 Å². The Labute approximate surface area is 77.3 Å². The van der Waals surface area contributed by atoms with Crippen molar-refractivity contribution in [3.8, 4) is 0 Å². The molecule has 0 saturated carbocycles. The largest absolute Gasteiger partial charge is 0.509 e. The van der Waals surface area contributed by atoms with Crippen LogP contribution in [-0.2, 0) is 9.47 Å². The van der Waals surface area contributed by atoms with Gasteiger partial charge in [0.05, 0.1) is 0 Å². The summed E-state index contributed by atoms with van der Waals surface area (Å²) in [5.41, 5.74) is -0.537. The monoisotopic (exact) mass is 192 g/mol. The second kappa shape index (κ2) is 4.36. The summed E-state index contributed by atoms with van der Waals surface area (Å²) in [7, 11) is 0. The Hall–Kier alpha value is -0.700. The minimum atomic E-state index is -0.732. The van der Waals surface area contributed by atoms with Gasteiger partial charge >= 0.3 is 6.16 Å². The summed E-state index contributed by atoms with van der Waals surface area (Å²) in [5.74, 6) is 0. The van der Waals surface area contributed by atoms with Crippen LogP contribution >= 0.6 is 11.6 Å². The summed E-state index contributed by atoms with van der Waals surface area (Å²) in [6, 6.07) is 0. The molecule has 0 radical (unpaired) electrons. The molecule has 0 aliphatic rings. The molecule has 0 heterocycles. The number of carbonyl (C=O) groups is 1. The summed E-state index contributed by atoms with van der Waals surface area (Å²) in [6.07, 6.45) is -0.732. The molecule has 3 nitrogen and oxygen atoms in total. The highest BCUT2D eigenvalue weighted by molar-refractivity contribution is 6.29. The highest BCUT2D eigenvalue weighted by Crippen LogP contribution is 2.08. The van der Waals surface area contributed by atoms with Gasteiger partial charge in [0.2, 0.25) is 0 Å². The van der Waals surface area contributed by atoms with Crippen LogP contribution < -0.4 is 0 Å². The zero-order chi connectivity index (χ0) is 9.78. The molecular weight excluding hydrogens is 180 g/mol. The number of rotatable bonds is 2. The Morgan fingerprint density at radius 3 is 2.33 bits per heavy atom. The first-order valence-electron chi connectivity index (χ1n) is 3.50. The first-order chi connectivity index (χ1) is 5.31. The fourth-order valence-corrected chi connectivity index (χ4v) is 0.471. The van der Waals surface area contributed by atoms with Gasteiger partial charge in [-0.25, -0.2) is 4.79 Å². The molecule has 0 atom stereocenters. The van der Waals surface area contributed by atoms with Crippen molar-refractivity contribution in [2.45, 2.75) is 26.4 Å². The Kier molecular flexibility index (Phi) is 4.10. The van der Waals surface area contributed by atoms with E-state index in [1.807, 2.05) is 0 Å². The Balaban J connectivity index is 3.68. The van der Waals surface area contributed by atoms with Crippen molar-refractivity contribution in [3.05, 3.63) is 11.6 Å². The molecule has 0 aromatic rings. The third kappa shape index (κ3) is 7.41. The van der Waals surface area contributed by atoms with Crippen LogP contribution in [-0.4, -0.2) is 18.4 Å². The Morgan fingerprint density at radius 2 is 2.00 bits per heavy atom. The van der Waals surface area contributed by atoms with Crippen LogP contribution in [0, 0.1) is 0 Å². The molecule has 0 aromatic heterocycles. The molecule has 0 aliphatic heterocycles. The molecule has 4 heteroatoms. The standard InChI is InChI=1S/C8H13ClO3/c1-6(9)5-11-7(10)12-8(2,3)4/h1,5H2,2-4H3. The Morgan fingerprint density at radius 1 is 1.50 bits per heavy atom. The summed E-state index contributed by atoms with van der Waals surface area (Å²) >= 11 is 5.37. The van der Waals surface area contributed by atoms with E-state index < -0.39 is 11.8 Å². The van der Waals surface area contributed by atoms with Crippen LogP contribution in [0.2, 0.25) is 0 Å². The van der Waals surface area contributed by atoms with Gasteiger partial charge in [0.1, 0.15) is 12.2 Å². The second-order valence-electron chi connectivity index (χ2n) is 3.27. The van der Waals surface area contributed by atoms with Gasteiger partial charge in [-0.2, -0.15) is 0 Å². The number of halogens is 1. The van der Waals surface area contributed by atoms with Crippen molar-refractivity contribution in [2.75, 3.05) is 6.61 Å². The average Bonchev–Trinajstić information content (AvgIpc) is 1.79. The number of hydrogen-bond acceptors (Lipinski definition) is 3. The fourth-order valence-electron chi connectivity index (χ4n) is 0.417. The van der Waals surface area contributed by atoms with Gasteiger partial charge in [-0.3, -0.25) is 0 Å². The van der Waals surface area contributed by atoms with Crippen molar-refractivity contribution in [1.29, 1.82) is 0 Å². The summed E-state index contributed by atoms with van der Waals surface area (Å²) in [4.78, 5) is 10.8. The highest BCUT2D eigenvalue weighted by Gasteiger charge is 2.17. The number of hydrogen-bond donors (Lipinski definition) is 0. The van der Waals surface area contributed by atoms with Crippen molar-refractivity contribution >= 4 is 17.8 Å². The molecule has 12 heavy (non-hydrogen) atoms. The SMILES string of the molecule is C=C(Cl)COC(=O)OC(C)(C)C. The molecule has 0 rings (SSSR count). The van der Waals surface area contributed by atoms with E-state index in [0.717, 1.165) is 0 Å². The van der Waals surface area contributed by atoms with E-state index in [-0.39, 0.29) is 11.6 Å². The van der Waals surface area contributed by atoms with Gasteiger partial charge in [-0.15, -0.1) is 0 Å². The van der Waals surface area contributed by atoms with E-state index in [9.17, 15) is 4.79 Å². The molecule has 70 valence electrons. The molecule has 0 bridgehead atoms. The molecular formula is C8H13ClO3. The summed E-state index contributed by atoms with van der Waals surface area (Å²) in [5, 5.41) is 0.265. The predicted molar refractivity (Wildman–Crippen MR) is 47.2 cm³/mol. The zero-order valence-corrected chi connectivity index (χ0v) is 8.27. The molecule has 0 aliphatic carbocycles. The van der Waals surface area contributed by atoms with E-state index in [0.29, 0.717) is 0 Å². The lowest BCUT2D eigenvalue weighted by molar-refractivity contribution is -0.00277. The first-order valence-corrected chi connectivity index (χ1v) is 3.88. The topological polar surface area (TPSA) is 35.5 Å². The van der Waals surface area contributed by atoms with Crippen molar-refractivity contribution < 1.29 is 14.3 Å². The molecule has 0 aromatic carbocycles. The summed E-state index contributed by atoms with van der Waals surface area (Å²) in [6.45, 7) is 8.60. The van der Waals surface area contributed by atoms with E-state index in [4.69, 9.17) is 16.3 Å². The average molecular weight is 193 g/mol. The number of ether oxygens (including phenoxy) is 2. The molecule has 0 unspecified atom stereocenters. The third-order valence-electron chi connectivity index (χ3n) is 0.736. The summed E-state index contributed by atoms with van der Waals surface area (Å²) < 4.78 is 9.41. The fraction of sp³-hybridized carbons (Fsp3) is 0.625. The predicted octanol–water partition coefficient (Wildman–Crippen LogP) is 2.69. The molecule has 0 amide bonds. The van der Waals surface area contributed by atoms with Gasteiger partial charge in [0.25, 0.3) is 0 Å². The maximum Gasteiger partial charge on any atom is 0.509 e. The third-order valence-corrected chi connectivity index (χ3v) is 0.845. The van der Waals surface area contributed by atoms with Crippen LogP contribution in [0.5, 0.6) is 0 Å². The van der Waals surface area contributed by atoms with Crippen LogP contribution in [0.4, 0.5) is 4.79 Å². The van der Waals surface area contributed by atoms with Crippen LogP contribution in [0.25, 0.3) is 0 Å². The number of carbonyl (C=O) groups excluding carboxylic acids is 1.